The Morgan fingerprint density at radius 3 is 2.52 bits per heavy atom. The Bertz CT molecular complexity index is 1640. The third-order valence-electron chi connectivity index (χ3n) is 6.31. The van der Waals surface area contributed by atoms with Gasteiger partial charge in [0.15, 0.2) is 11.0 Å². The lowest BCUT2D eigenvalue weighted by Gasteiger charge is -2.20. The van der Waals surface area contributed by atoms with Crippen molar-refractivity contribution in [3.63, 3.8) is 0 Å². The van der Waals surface area contributed by atoms with Crippen molar-refractivity contribution >= 4 is 34.6 Å². The number of anilines is 1. The van der Waals surface area contributed by atoms with Crippen LogP contribution in [0.2, 0.25) is 0 Å². The summed E-state index contributed by atoms with van der Waals surface area (Å²) in [6, 6.07) is 17.8. The molecule has 216 valence electrons. The summed E-state index contributed by atoms with van der Waals surface area (Å²) in [5.41, 5.74) is 4.79. The topological polar surface area (TPSA) is 102 Å². The second-order valence-corrected chi connectivity index (χ2v) is 10.3. The van der Waals surface area contributed by atoms with E-state index in [2.05, 4.69) is 25.1 Å². The molecular formula is C29H25F3N6O3S. The number of halogens is 3. The number of hydrogen-bond donors (Lipinski definition) is 1. The van der Waals surface area contributed by atoms with E-state index in [1.165, 1.54) is 51.9 Å². The number of amidine groups is 1. The van der Waals surface area contributed by atoms with Crippen LogP contribution in [0.15, 0.2) is 78.0 Å². The van der Waals surface area contributed by atoms with Crippen LogP contribution in [0, 0.1) is 6.92 Å². The summed E-state index contributed by atoms with van der Waals surface area (Å²) in [5.74, 6) is 0.182. The van der Waals surface area contributed by atoms with Gasteiger partial charge in [-0.15, -0.1) is 18.3 Å². The smallest absolute Gasteiger partial charge is 0.406 e. The van der Waals surface area contributed by atoms with Crippen molar-refractivity contribution in [1.82, 2.24) is 20.1 Å². The van der Waals surface area contributed by atoms with Crippen LogP contribution in [0.4, 0.5) is 23.7 Å². The molecule has 1 aromatic heterocycles. The number of carbonyl (C=O) groups excluding carboxylic acids is 2. The Kier molecular flexibility index (Phi) is 8.29. The number of nitrogens with zero attached hydrogens (tertiary/aromatic N) is 5. The Morgan fingerprint density at radius 1 is 1.10 bits per heavy atom. The predicted octanol–water partition coefficient (Wildman–Crippen LogP) is 6.05. The van der Waals surface area contributed by atoms with Gasteiger partial charge in [0, 0.05) is 12.1 Å². The molecule has 0 spiro atoms. The first-order valence-corrected chi connectivity index (χ1v) is 13.9. The largest absolute Gasteiger partial charge is 0.573 e. The van der Waals surface area contributed by atoms with E-state index in [0.717, 1.165) is 28.8 Å². The molecule has 0 saturated carbocycles. The van der Waals surface area contributed by atoms with E-state index in [-0.39, 0.29) is 24.0 Å². The number of hydrogen-bond acceptors (Lipinski definition) is 6. The molecule has 1 aliphatic heterocycles. The van der Waals surface area contributed by atoms with Crippen LogP contribution < -0.4 is 15.0 Å². The second-order valence-electron chi connectivity index (χ2n) is 9.31. The number of rotatable bonds is 7. The zero-order valence-electron chi connectivity index (χ0n) is 22.6. The van der Waals surface area contributed by atoms with Gasteiger partial charge in [0.1, 0.15) is 12.1 Å². The third-order valence-corrected chi connectivity index (χ3v) is 7.23. The fourth-order valence-electron chi connectivity index (χ4n) is 4.26. The molecule has 0 aliphatic carbocycles. The van der Waals surface area contributed by atoms with Crippen molar-refractivity contribution in [2.75, 3.05) is 10.7 Å². The van der Waals surface area contributed by atoms with Crippen LogP contribution >= 0.6 is 11.8 Å². The molecule has 1 saturated heterocycles. The van der Waals surface area contributed by atoms with Crippen molar-refractivity contribution in [1.29, 1.82) is 0 Å². The summed E-state index contributed by atoms with van der Waals surface area (Å²) in [6.07, 6.45) is -2.57. The number of nitrogens with one attached hydrogen (secondary N) is 1. The molecule has 13 heteroatoms. The number of carbonyl (C=O) groups is 2. The van der Waals surface area contributed by atoms with Gasteiger partial charge in [-0.1, -0.05) is 55.1 Å². The van der Waals surface area contributed by atoms with Gasteiger partial charge in [-0.25, -0.2) is 14.5 Å². The highest BCUT2D eigenvalue weighted by Crippen LogP contribution is 2.31. The predicted molar refractivity (Wildman–Crippen MR) is 154 cm³/mol. The monoisotopic (exact) mass is 594 g/mol. The lowest BCUT2D eigenvalue weighted by atomic mass is 10.1. The number of aromatic nitrogens is 3. The highest BCUT2D eigenvalue weighted by Gasteiger charge is 2.32. The fourth-order valence-corrected chi connectivity index (χ4v) is 5.12. The number of urea groups is 1. The highest BCUT2D eigenvalue weighted by atomic mass is 32.2. The summed E-state index contributed by atoms with van der Waals surface area (Å²) in [5, 5.41) is 7.50. The molecule has 0 bridgehead atoms. The molecule has 4 aromatic rings. The summed E-state index contributed by atoms with van der Waals surface area (Å²) in [4.78, 5) is 35.3. The van der Waals surface area contributed by atoms with Crippen LogP contribution in [-0.4, -0.2) is 44.0 Å². The average molecular weight is 595 g/mol. The number of ether oxygens (including phenoxy) is 1. The first kappa shape index (κ1) is 28.9. The molecular weight excluding hydrogens is 569 g/mol. The Hall–Kier alpha value is -4.65. The van der Waals surface area contributed by atoms with E-state index in [1.54, 1.807) is 12.1 Å². The molecule has 1 fully saturated rings. The summed E-state index contributed by atoms with van der Waals surface area (Å²) in [6.45, 7) is 4.18. The van der Waals surface area contributed by atoms with Gasteiger partial charge in [-0.3, -0.25) is 9.69 Å². The summed E-state index contributed by atoms with van der Waals surface area (Å²) < 4.78 is 42.5. The molecule has 42 heavy (non-hydrogen) atoms. The van der Waals surface area contributed by atoms with E-state index in [0.29, 0.717) is 22.2 Å². The van der Waals surface area contributed by atoms with Crippen molar-refractivity contribution < 1.29 is 27.5 Å². The van der Waals surface area contributed by atoms with Crippen molar-refractivity contribution in [3.8, 4) is 22.8 Å². The summed E-state index contributed by atoms with van der Waals surface area (Å²) >= 11 is 1.23. The Morgan fingerprint density at radius 2 is 1.83 bits per heavy atom. The van der Waals surface area contributed by atoms with E-state index in [9.17, 15) is 22.8 Å². The molecule has 1 aliphatic rings. The standard InChI is InChI=1S/C29H25F3N6O3S/c1-3-20-7-4-18(2)14-24(20)38-25(39)16-42-28(38)35-27(40)33-15-19-5-8-21(9-6-19)26-34-17-37(36-26)22-10-12-23(13-11-22)41-29(30,31)32/h4-14,17H,3,15-16H2,1-2H3,(H,33,40). The second kappa shape index (κ2) is 12.1. The number of aryl methyl sites for hydroxylation is 2. The SMILES string of the molecule is CCc1ccc(C)cc1N1C(=O)CSC1=NC(=O)NCc1ccc(-c2ncn(-c3ccc(OC(F)(F)F)cc3)n2)cc1. The van der Waals surface area contributed by atoms with E-state index >= 15 is 0 Å². The molecule has 3 amide bonds. The Labute approximate surface area is 243 Å². The van der Waals surface area contributed by atoms with Gasteiger partial charge in [0.2, 0.25) is 5.91 Å². The van der Waals surface area contributed by atoms with Crippen LogP contribution in [0.5, 0.6) is 5.75 Å². The van der Waals surface area contributed by atoms with Gasteiger partial charge < -0.3 is 10.1 Å². The highest BCUT2D eigenvalue weighted by molar-refractivity contribution is 8.15. The summed E-state index contributed by atoms with van der Waals surface area (Å²) in [7, 11) is 0. The molecule has 1 N–H and O–H groups in total. The van der Waals surface area contributed by atoms with Crippen molar-refractivity contribution in [2.24, 2.45) is 4.99 Å². The van der Waals surface area contributed by atoms with Gasteiger partial charge in [0.05, 0.1) is 17.1 Å². The number of aliphatic imine (C=N–C) groups is 1. The van der Waals surface area contributed by atoms with Gasteiger partial charge >= 0.3 is 12.4 Å². The molecule has 0 radical (unpaired) electrons. The third kappa shape index (κ3) is 6.79. The van der Waals surface area contributed by atoms with Gasteiger partial charge in [-0.2, -0.15) is 4.99 Å². The molecule has 5 rings (SSSR count). The van der Waals surface area contributed by atoms with Crippen LogP contribution in [0.3, 0.4) is 0 Å². The fraction of sp³-hybridized carbons (Fsp3) is 0.207. The maximum absolute atomic E-state index is 12.7. The maximum atomic E-state index is 12.7. The van der Waals surface area contributed by atoms with Crippen molar-refractivity contribution in [2.45, 2.75) is 33.2 Å². The number of thioether (sulfide) groups is 1. The molecule has 0 unspecified atom stereocenters. The number of alkyl halides is 3. The lowest BCUT2D eigenvalue weighted by molar-refractivity contribution is -0.274. The number of amides is 3. The average Bonchev–Trinajstić information content (AvgIpc) is 3.59. The molecule has 2 heterocycles. The van der Waals surface area contributed by atoms with E-state index < -0.39 is 12.4 Å². The van der Waals surface area contributed by atoms with E-state index in [4.69, 9.17) is 0 Å². The zero-order valence-corrected chi connectivity index (χ0v) is 23.4. The lowest BCUT2D eigenvalue weighted by Crippen LogP contribution is -2.32. The minimum absolute atomic E-state index is 0.119. The maximum Gasteiger partial charge on any atom is 0.573 e. The van der Waals surface area contributed by atoms with E-state index in [1.807, 2.05) is 44.2 Å². The molecule has 9 nitrogen and oxygen atoms in total. The van der Waals surface area contributed by atoms with Crippen LogP contribution in [0.1, 0.15) is 23.6 Å². The molecule has 0 atom stereocenters. The van der Waals surface area contributed by atoms with Gasteiger partial charge in [-0.05, 0) is 60.4 Å². The van der Waals surface area contributed by atoms with Crippen LogP contribution in [0.25, 0.3) is 17.1 Å². The van der Waals surface area contributed by atoms with Crippen LogP contribution in [-0.2, 0) is 17.8 Å². The molecule has 3 aromatic carbocycles. The quantitative estimate of drug-likeness (QED) is 0.280. The normalized spacial score (nSPS) is 14.5. The minimum atomic E-state index is -4.76. The first-order chi connectivity index (χ1) is 20.1. The van der Waals surface area contributed by atoms with Crippen molar-refractivity contribution in [3.05, 3.63) is 89.7 Å². The first-order valence-electron chi connectivity index (χ1n) is 12.9. The number of benzene rings is 3. The van der Waals surface area contributed by atoms with Gasteiger partial charge in [0.25, 0.3) is 0 Å². The zero-order chi connectivity index (χ0) is 29.9. The minimum Gasteiger partial charge on any atom is -0.406 e. The Balaban J connectivity index is 1.21.